The zero-order valence-corrected chi connectivity index (χ0v) is 17.3. The fourth-order valence-corrected chi connectivity index (χ4v) is 3.34. The molecule has 0 aliphatic heterocycles. The minimum Gasteiger partial charge on any atom is -0.493 e. The number of amides is 1. The highest BCUT2D eigenvalue weighted by molar-refractivity contribution is 7.99. The summed E-state index contributed by atoms with van der Waals surface area (Å²) in [5.41, 5.74) is 1.46. The van der Waals surface area contributed by atoms with Gasteiger partial charge in [0.2, 0.25) is 5.91 Å². The van der Waals surface area contributed by atoms with Crippen LogP contribution in [0.5, 0.6) is 11.5 Å². The van der Waals surface area contributed by atoms with Crippen LogP contribution < -0.4 is 14.8 Å². The largest absolute Gasteiger partial charge is 0.493 e. The minimum atomic E-state index is -0.426. The molecule has 0 fully saturated rings. The smallest absolute Gasteiger partial charge is 0.341 e. The van der Waals surface area contributed by atoms with Crippen molar-refractivity contribution in [2.24, 2.45) is 0 Å². The molecule has 0 aliphatic carbocycles. The second-order valence-corrected chi connectivity index (χ2v) is 6.94. The molecule has 0 radical (unpaired) electrons. The van der Waals surface area contributed by atoms with Crippen LogP contribution in [0.25, 0.3) is 0 Å². The molecule has 2 aromatic rings. The van der Waals surface area contributed by atoms with E-state index in [9.17, 15) is 9.59 Å². The monoisotopic (exact) mass is 407 g/mol. The number of benzene rings is 1. The number of rotatable bonds is 10. The van der Waals surface area contributed by atoms with E-state index >= 15 is 0 Å². The summed E-state index contributed by atoms with van der Waals surface area (Å²) >= 11 is 1.42. The van der Waals surface area contributed by atoms with Gasteiger partial charge in [-0.25, -0.2) is 4.79 Å². The van der Waals surface area contributed by atoms with E-state index in [1.165, 1.54) is 18.9 Å². The molecule has 8 heteroatoms. The molecule has 0 saturated carbocycles. The molecule has 1 aromatic heterocycles. The van der Waals surface area contributed by atoms with Crippen molar-refractivity contribution in [3.63, 3.8) is 0 Å². The molecule has 0 saturated heterocycles. The van der Waals surface area contributed by atoms with E-state index < -0.39 is 5.97 Å². The Kier molecular flexibility index (Phi) is 8.25. The van der Waals surface area contributed by atoms with Crippen molar-refractivity contribution in [1.82, 2.24) is 5.32 Å². The van der Waals surface area contributed by atoms with Gasteiger partial charge in [0.05, 0.1) is 32.8 Å². The van der Waals surface area contributed by atoms with Crippen LogP contribution in [-0.4, -0.2) is 45.5 Å². The number of carbonyl (C=O) groups is 2. The zero-order valence-electron chi connectivity index (χ0n) is 16.5. The Morgan fingerprint density at radius 3 is 2.54 bits per heavy atom. The van der Waals surface area contributed by atoms with Crippen LogP contribution in [0.3, 0.4) is 0 Å². The molecule has 1 N–H and O–H groups in total. The van der Waals surface area contributed by atoms with Crippen molar-refractivity contribution in [1.29, 1.82) is 0 Å². The van der Waals surface area contributed by atoms with Crippen LogP contribution in [0.2, 0.25) is 0 Å². The van der Waals surface area contributed by atoms with Gasteiger partial charge in [0.15, 0.2) is 11.5 Å². The number of hydrogen-bond acceptors (Lipinski definition) is 7. The third-order valence-corrected chi connectivity index (χ3v) is 4.99. The summed E-state index contributed by atoms with van der Waals surface area (Å²) in [5, 5.41) is 2.89. The highest BCUT2D eigenvalue weighted by Crippen LogP contribution is 2.27. The second-order valence-electron chi connectivity index (χ2n) is 5.96. The maximum absolute atomic E-state index is 12.0. The zero-order chi connectivity index (χ0) is 20.5. The Labute approximate surface area is 168 Å². The van der Waals surface area contributed by atoms with Crippen molar-refractivity contribution in [2.75, 3.05) is 33.6 Å². The number of nitrogens with one attached hydrogen (secondary N) is 1. The van der Waals surface area contributed by atoms with Crippen molar-refractivity contribution in [2.45, 2.75) is 19.1 Å². The molecule has 7 nitrogen and oxygen atoms in total. The van der Waals surface area contributed by atoms with Gasteiger partial charge in [-0.1, -0.05) is 6.07 Å². The number of esters is 1. The SMILES string of the molecule is COC(=O)c1cc(CSCC(=O)NCCc2ccc(OC)c(OC)c2)oc1C. The van der Waals surface area contributed by atoms with E-state index in [0.717, 1.165) is 5.56 Å². The first-order chi connectivity index (χ1) is 13.5. The average molecular weight is 407 g/mol. The molecule has 2 rings (SSSR count). The maximum atomic E-state index is 12.0. The fourth-order valence-electron chi connectivity index (χ4n) is 2.61. The molecule has 0 aliphatic rings. The van der Waals surface area contributed by atoms with E-state index in [1.807, 2.05) is 18.2 Å². The molecule has 1 amide bonds. The molecule has 1 heterocycles. The standard InChI is InChI=1S/C20H25NO6S/c1-13-16(20(23)26-4)10-15(27-13)11-28-12-19(22)21-8-7-14-5-6-17(24-2)18(9-14)25-3/h5-6,9-10H,7-8,11-12H2,1-4H3,(H,21,22). The number of ether oxygens (including phenoxy) is 3. The average Bonchev–Trinajstić information content (AvgIpc) is 3.07. The van der Waals surface area contributed by atoms with Crippen LogP contribution in [0, 0.1) is 6.92 Å². The number of furan rings is 1. The third kappa shape index (κ3) is 5.95. The first-order valence-electron chi connectivity index (χ1n) is 8.71. The minimum absolute atomic E-state index is 0.0538. The summed E-state index contributed by atoms with van der Waals surface area (Å²) in [6.45, 7) is 2.24. The fraction of sp³-hybridized carbons (Fsp3) is 0.400. The Hall–Kier alpha value is -2.61. The summed E-state index contributed by atoms with van der Waals surface area (Å²) in [7, 11) is 4.51. The predicted octanol–water partition coefficient (Wildman–Crippen LogP) is 2.98. The highest BCUT2D eigenvalue weighted by Gasteiger charge is 2.15. The second kappa shape index (κ2) is 10.7. The van der Waals surface area contributed by atoms with E-state index in [4.69, 9.17) is 18.6 Å². The first kappa shape index (κ1) is 21.7. The molecule has 152 valence electrons. The topological polar surface area (TPSA) is 87.0 Å². The van der Waals surface area contributed by atoms with E-state index in [0.29, 0.717) is 53.1 Å². The normalized spacial score (nSPS) is 10.4. The molecule has 0 bridgehead atoms. The number of aryl methyl sites for hydroxylation is 1. The third-order valence-electron chi connectivity index (χ3n) is 4.04. The van der Waals surface area contributed by atoms with Gasteiger partial charge in [0, 0.05) is 6.54 Å². The van der Waals surface area contributed by atoms with Gasteiger partial charge < -0.3 is 23.9 Å². The van der Waals surface area contributed by atoms with Crippen LogP contribution >= 0.6 is 11.8 Å². The summed E-state index contributed by atoms with van der Waals surface area (Å²) in [4.78, 5) is 23.6. The summed E-state index contributed by atoms with van der Waals surface area (Å²) in [6, 6.07) is 7.35. The Bertz CT molecular complexity index is 817. The van der Waals surface area contributed by atoms with Crippen LogP contribution in [0.1, 0.15) is 27.4 Å². The Balaban J connectivity index is 1.73. The lowest BCUT2D eigenvalue weighted by atomic mass is 10.1. The quantitative estimate of drug-likeness (QED) is 0.606. The number of methoxy groups -OCH3 is 3. The molecule has 0 unspecified atom stereocenters. The highest BCUT2D eigenvalue weighted by atomic mass is 32.2. The Morgan fingerprint density at radius 1 is 1.11 bits per heavy atom. The molecule has 0 spiro atoms. The summed E-state index contributed by atoms with van der Waals surface area (Å²) in [5.74, 6) is 2.83. The van der Waals surface area contributed by atoms with E-state index in [2.05, 4.69) is 5.32 Å². The molecule has 28 heavy (non-hydrogen) atoms. The molecule has 1 aromatic carbocycles. The lowest BCUT2D eigenvalue weighted by molar-refractivity contribution is -0.118. The van der Waals surface area contributed by atoms with Gasteiger partial charge in [-0.2, -0.15) is 0 Å². The van der Waals surface area contributed by atoms with Gasteiger partial charge in [0.25, 0.3) is 0 Å². The number of thioether (sulfide) groups is 1. The molecular weight excluding hydrogens is 382 g/mol. The van der Waals surface area contributed by atoms with Crippen LogP contribution in [0.15, 0.2) is 28.7 Å². The van der Waals surface area contributed by atoms with Crippen molar-refractivity contribution in [3.8, 4) is 11.5 Å². The van der Waals surface area contributed by atoms with Gasteiger partial charge in [-0.05, 0) is 37.1 Å². The van der Waals surface area contributed by atoms with E-state index in [-0.39, 0.29) is 5.91 Å². The number of carbonyl (C=O) groups excluding carboxylic acids is 2. The number of hydrogen-bond donors (Lipinski definition) is 1. The Morgan fingerprint density at radius 2 is 1.86 bits per heavy atom. The molecule has 0 atom stereocenters. The lowest BCUT2D eigenvalue weighted by Crippen LogP contribution is -2.27. The van der Waals surface area contributed by atoms with Crippen LogP contribution in [-0.2, 0) is 21.7 Å². The van der Waals surface area contributed by atoms with Crippen LogP contribution in [0.4, 0.5) is 0 Å². The van der Waals surface area contributed by atoms with Gasteiger partial charge >= 0.3 is 5.97 Å². The van der Waals surface area contributed by atoms with Gasteiger partial charge in [0.1, 0.15) is 17.1 Å². The lowest BCUT2D eigenvalue weighted by Gasteiger charge is -2.10. The maximum Gasteiger partial charge on any atom is 0.341 e. The van der Waals surface area contributed by atoms with Gasteiger partial charge in [-0.15, -0.1) is 11.8 Å². The van der Waals surface area contributed by atoms with Crippen molar-refractivity contribution < 1.29 is 28.2 Å². The molecular formula is C20H25NO6S. The predicted molar refractivity (Wildman–Crippen MR) is 107 cm³/mol. The first-order valence-corrected chi connectivity index (χ1v) is 9.87. The van der Waals surface area contributed by atoms with E-state index in [1.54, 1.807) is 27.2 Å². The summed E-state index contributed by atoms with van der Waals surface area (Å²) < 4.78 is 20.7. The van der Waals surface area contributed by atoms with Crippen molar-refractivity contribution in [3.05, 3.63) is 46.9 Å². The summed E-state index contributed by atoms with van der Waals surface area (Å²) in [6.07, 6.45) is 0.691. The van der Waals surface area contributed by atoms with Crippen molar-refractivity contribution >= 4 is 23.6 Å². The van der Waals surface area contributed by atoms with Gasteiger partial charge in [-0.3, -0.25) is 4.79 Å².